The van der Waals surface area contributed by atoms with Gasteiger partial charge in [-0.1, -0.05) is 20.8 Å². The van der Waals surface area contributed by atoms with Gasteiger partial charge in [-0.2, -0.15) is 0 Å². The molecule has 1 amide bonds. The van der Waals surface area contributed by atoms with Crippen LogP contribution in [0.15, 0.2) is 12.1 Å². The maximum Gasteiger partial charge on any atom is 0.339 e. The lowest BCUT2D eigenvalue weighted by molar-refractivity contribution is 0.0524. The molecule has 0 bridgehead atoms. The fraction of sp³-hybridized carbons (Fsp3) is 0.611. The molecule has 1 rings (SSSR count). The molecular weight excluding hydrogens is 292 g/mol. The van der Waals surface area contributed by atoms with Crippen LogP contribution in [0.3, 0.4) is 0 Å². The van der Waals surface area contributed by atoms with E-state index in [4.69, 9.17) is 4.74 Å². The van der Waals surface area contributed by atoms with E-state index in [0.29, 0.717) is 23.6 Å². The topological polar surface area (TPSA) is 68.3 Å². The van der Waals surface area contributed by atoms with Crippen LogP contribution in [-0.4, -0.2) is 29.0 Å². The molecule has 0 spiro atoms. The van der Waals surface area contributed by atoms with Gasteiger partial charge in [0, 0.05) is 5.54 Å². The summed E-state index contributed by atoms with van der Waals surface area (Å²) in [5.74, 6) is -0.657. The molecule has 1 N–H and O–H groups in total. The molecule has 0 unspecified atom stereocenters. The Kier molecular flexibility index (Phi) is 5.92. The number of hydrogen-bond donors (Lipinski definition) is 1. The summed E-state index contributed by atoms with van der Waals surface area (Å²) >= 11 is 0. The van der Waals surface area contributed by atoms with Crippen LogP contribution in [0.25, 0.3) is 0 Å². The van der Waals surface area contributed by atoms with Gasteiger partial charge in [0.15, 0.2) is 0 Å². The van der Waals surface area contributed by atoms with Crippen LogP contribution in [0.2, 0.25) is 0 Å². The molecule has 5 nitrogen and oxygen atoms in total. The number of aromatic nitrogens is 1. The van der Waals surface area contributed by atoms with Crippen LogP contribution in [-0.2, 0) is 4.74 Å². The molecule has 0 saturated carbocycles. The summed E-state index contributed by atoms with van der Waals surface area (Å²) < 4.78 is 4.97. The van der Waals surface area contributed by atoms with E-state index in [1.54, 1.807) is 26.0 Å². The largest absolute Gasteiger partial charge is 0.462 e. The Balaban J connectivity index is 2.89. The van der Waals surface area contributed by atoms with Gasteiger partial charge < -0.3 is 10.1 Å². The van der Waals surface area contributed by atoms with Crippen molar-refractivity contribution in [1.82, 2.24) is 10.3 Å². The Bertz CT molecular complexity index is 586. The van der Waals surface area contributed by atoms with E-state index in [1.165, 1.54) is 0 Å². The standard InChI is InChI=1S/C18H28N2O3/c1-8-23-16(22)13-9-10-14(19-12(13)2)15(21)20-18(6,7)11-17(3,4)5/h9-10H,8,11H2,1-7H3,(H,20,21). The van der Waals surface area contributed by atoms with Gasteiger partial charge in [-0.25, -0.2) is 9.78 Å². The average molecular weight is 320 g/mol. The van der Waals surface area contributed by atoms with Crippen LogP contribution in [0.5, 0.6) is 0 Å². The number of esters is 1. The van der Waals surface area contributed by atoms with Crippen molar-refractivity contribution >= 4 is 11.9 Å². The fourth-order valence-corrected chi connectivity index (χ4v) is 2.85. The minimum absolute atomic E-state index is 0.105. The Morgan fingerprint density at radius 1 is 1.17 bits per heavy atom. The van der Waals surface area contributed by atoms with Gasteiger partial charge in [-0.15, -0.1) is 0 Å². The third-order valence-electron chi connectivity index (χ3n) is 3.24. The first kappa shape index (κ1) is 19.1. The molecule has 0 aliphatic heterocycles. The van der Waals surface area contributed by atoms with Gasteiger partial charge in [0.2, 0.25) is 0 Å². The van der Waals surface area contributed by atoms with Crippen molar-refractivity contribution in [3.8, 4) is 0 Å². The van der Waals surface area contributed by atoms with E-state index < -0.39 is 5.97 Å². The molecule has 23 heavy (non-hydrogen) atoms. The van der Waals surface area contributed by atoms with Crippen LogP contribution >= 0.6 is 0 Å². The molecule has 0 saturated heterocycles. The number of nitrogens with one attached hydrogen (secondary N) is 1. The van der Waals surface area contributed by atoms with Crippen LogP contribution in [0, 0.1) is 12.3 Å². The van der Waals surface area contributed by atoms with Crippen molar-refractivity contribution in [1.29, 1.82) is 0 Å². The second-order valence-corrected chi connectivity index (χ2v) is 7.63. The second kappa shape index (κ2) is 7.11. The lowest BCUT2D eigenvalue weighted by Gasteiger charge is -2.33. The molecule has 0 aliphatic rings. The fourth-order valence-electron chi connectivity index (χ4n) is 2.85. The monoisotopic (exact) mass is 320 g/mol. The molecule has 0 atom stereocenters. The summed E-state index contributed by atoms with van der Waals surface area (Å²) in [6.07, 6.45) is 0.839. The minimum Gasteiger partial charge on any atom is -0.462 e. The molecule has 0 aliphatic carbocycles. The smallest absolute Gasteiger partial charge is 0.339 e. The molecule has 0 aromatic carbocycles. The van der Waals surface area contributed by atoms with Crippen LogP contribution < -0.4 is 5.32 Å². The summed E-state index contributed by atoms with van der Waals surface area (Å²) in [7, 11) is 0. The number of hydrogen-bond acceptors (Lipinski definition) is 4. The van der Waals surface area contributed by atoms with Crippen molar-refractivity contribution in [2.75, 3.05) is 6.61 Å². The predicted octanol–water partition coefficient (Wildman–Crippen LogP) is 3.51. The summed E-state index contributed by atoms with van der Waals surface area (Å²) in [4.78, 5) is 28.4. The van der Waals surface area contributed by atoms with Crippen molar-refractivity contribution in [2.24, 2.45) is 5.41 Å². The molecule has 128 valence electrons. The summed E-state index contributed by atoms with van der Waals surface area (Å²) in [6, 6.07) is 3.15. The number of aryl methyl sites for hydroxylation is 1. The number of ether oxygens (including phenoxy) is 1. The SMILES string of the molecule is CCOC(=O)c1ccc(C(=O)NC(C)(C)CC(C)(C)C)nc1C. The molecule has 1 aromatic rings. The van der Waals surface area contributed by atoms with Crippen molar-refractivity contribution in [3.05, 3.63) is 29.1 Å². The molecule has 1 aromatic heterocycles. The number of amides is 1. The van der Waals surface area contributed by atoms with Crippen LogP contribution in [0.4, 0.5) is 0 Å². The van der Waals surface area contributed by atoms with Crippen molar-refractivity contribution in [3.63, 3.8) is 0 Å². The Morgan fingerprint density at radius 2 is 1.78 bits per heavy atom. The van der Waals surface area contributed by atoms with E-state index >= 15 is 0 Å². The predicted molar refractivity (Wildman–Crippen MR) is 90.5 cm³/mol. The second-order valence-electron chi connectivity index (χ2n) is 7.63. The summed E-state index contributed by atoms with van der Waals surface area (Å²) in [6.45, 7) is 14.2. The first-order valence-electron chi connectivity index (χ1n) is 7.92. The average Bonchev–Trinajstić information content (AvgIpc) is 2.34. The van der Waals surface area contributed by atoms with Gasteiger partial charge in [-0.3, -0.25) is 4.79 Å². The number of carbonyl (C=O) groups excluding carboxylic acids is 2. The van der Waals surface area contributed by atoms with Gasteiger partial charge >= 0.3 is 5.97 Å². The lowest BCUT2D eigenvalue weighted by Crippen LogP contribution is -2.46. The summed E-state index contributed by atoms with van der Waals surface area (Å²) in [5.41, 5.74) is 0.943. The van der Waals surface area contributed by atoms with E-state index in [1.807, 2.05) is 13.8 Å². The number of rotatable bonds is 5. The highest BCUT2D eigenvalue weighted by Crippen LogP contribution is 2.27. The van der Waals surface area contributed by atoms with E-state index in [-0.39, 0.29) is 16.9 Å². The van der Waals surface area contributed by atoms with Crippen molar-refractivity contribution in [2.45, 2.75) is 60.4 Å². The highest BCUT2D eigenvalue weighted by molar-refractivity contribution is 5.95. The molecule has 0 radical (unpaired) electrons. The maximum atomic E-state index is 12.4. The Labute approximate surface area is 138 Å². The number of nitrogens with zero attached hydrogens (tertiary/aromatic N) is 1. The number of carbonyl (C=O) groups is 2. The zero-order chi connectivity index (χ0) is 17.8. The third-order valence-corrected chi connectivity index (χ3v) is 3.24. The molecular formula is C18H28N2O3. The molecule has 5 heteroatoms. The molecule has 1 heterocycles. The highest BCUT2D eigenvalue weighted by atomic mass is 16.5. The third kappa shape index (κ3) is 6.00. The van der Waals surface area contributed by atoms with Gasteiger partial charge in [0.1, 0.15) is 5.69 Å². The normalized spacial score (nSPS) is 12.0. The van der Waals surface area contributed by atoms with E-state index in [2.05, 4.69) is 31.1 Å². The number of pyridine rings is 1. The maximum absolute atomic E-state index is 12.4. The lowest BCUT2D eigenvalue weighted by atomic mass is 9.82. The first-order valence-corrected chi connectivity index (χ1v) is 7.92. The van der Waals surface area contributed by atoms with Crippen LogP contribution in [0.1, 0.15) is 74.5 Å². The Hall–Kier alpha value is -1.91. The molecule has 0 fully saturated rings. The van der Waals surface area contributed by atoms with E-state index in [0.717, 1.165) is 6.42 Å². The summed E-state index contributed by atoms with van der Waals surface area (Å²) in [5, 5.41) is 3.01. The van der Waals surface area contributed by atoms with Gasteiger partial charge in [-0.05, 0) is 51.7 Å². The zero-order valence-corrected chi connectivity index (χ0v) is 15.2. The first-order chi connectivity index (χ1) is 10.4. The van der Waals surface area contributed by atoms with E-state index in [9.17, 15) is 9.59 Å². The van der Waals surface area contributed by atoms with Gasteiger partial charge in [0.25, 0.3) is 5.91 Å². The highest BCUT2D eigenvalue weighted by Gasteiger charge is 2.28. The Morgan fingerprint density at radius 3 is 2.26 bits per heavy atom. The van der Waals surface area contributed by atoms with Gasteiger partial charge in [0.05, 0.1) is 17.9 Å². The van der Waals surface area contributed by atoms with Crippen molar-refractivity contribution < 1.29 is 14.3 Å². The quantitative estimate of drug-likeness (QED) is 0.843. The zero-order valence-electron chi connectivity index (χ0n) is 15.2. The minimum atomic E-state index is -0.419.